The number of hydrogen-bond donors (Lipinski definition) is 3. The number of H-pyrrole nitrogens is 1. The van der Waals surface area contributed by atoms with Gasteiger partial charge in [-0.05, 0) is 56.3 Å². The molecule has 186 valence electrons. The van der Waals surface area contributed by atoms with E-state index in [1.54, 1.807) is 10.9 Å². The van der Waals surface area contributed by atoms with Crippen LogP contribution in [0, 0.1) is 17.8 Å². The number of carbonyl (C=O) groups excluding carboxylic acids is 1. The van der Waals surface area contributed by atoms with Gasteiger partial charge >= 0.3 is 6.09 Å². The number of aromatic nitrogens is 5. The number of nitrogens with zero attached hydrogens (tertiary/aromatic N) is 4. The van der Waals surface area contributed by atoms with Crippen LogP contribution in [0.25, 0.3) is 0 Å². The van der Waals surface area contributed by atoms with E-state index >= 15 is 0 Å². The van der Waals surface area contributed by atoms with Gasteiger partial charge in [0.05, 0.1) is 18.4 Å². The van der Waals surface area contributed by atoms with E-state index in [0.717, 1.165) is 56.3 Å². The average Bonchev–Trinajstić information content (AvgIpc) is 3.36. The van der Waals surface area contributed by atoms with Crippen LogP contribution in [0.2, 0.25) is 0 Å². The number of anilines is 1. The number of amides is 1. The molecule has 3 atom stereocenters. The molecule has 10 heteroatoms. The van der Waals surface area contributed by atoms with Crippen molar-refractivity contribution >= 4 is 24.4 Å². The van der Waals surface area contributed by atoms with E-state index in [4.69, 9.17) is 10.5 Å². The lowest BCUT2D eigenvalue weighted by atomic mass is 9.75. The first kappa shape index (κ1) is 27.0. The Hall–Kier alpha value is -2.29. The highest BCUT2D eigenvalue weighted by atomic mass is 35.5. The molecule has 1 aliphatic rings. The lowest BCUT2D eigenvalue weighted by Gasteiger charge is -2.36. The van der Waals surface area contributed by atoms with E-state index in [9.17, 15) is 4.79 Å². The van der Waals surface area contributed by atoms with E-state index in [1.165, 1.54) is 6.42 Å². The number of halogens is 1. The van der Waals surface area contributed by atoms with Crippen molar-refractivity contribution in [3.8, 4) is 0 Å². The van der Waals surface area contributed by atoms with E-state index in [0.29, 0.717) is 36.8 Å². The molecule has 0 bridgehead atoms. The molecule has 1 saturated carbocycles. The summed E-state index contributed by atoms with van der Waals surface area (Å²) in [7, 11) is 0. The fourth-order valence-corrected chi connectivity index (χ4v) is 4.57. The van der Waals surface area contributed by atoms with Gasteiger partial charge in [-0.25, -0.2) is 9.78 Å². The Morgan fingerprint density at radius 1 is 1.30 bits per heavy atom. The third kappa shape index (κ3) is 8.87. The van der Waals surface area contributed by atoms with Crippen LogP contribution in [0.4, 0.5) is 10.7 Å². The minimum Gasteiger partial charge on any atom is -0.446 e. The molecule has 1 aliphatic carbocycles. The molecule has 3 rings (SSSR count). The van der Waals surface area contributed by atoms with Gasteiger partial charge in [0.15, 0.2) is 5.95 Å². The van der Waals surface area contributed by atoms with Crippen LogP contribution in [-0.2, 0) is 24.1 Å². The molecule has 1 fully saturated rings. The summed E-state index contributed by atoms with van der Waals surface area (Å²) < 4.78 is 7.56. The third-order valence-corrected chi connectivity index (χ3v) is 6.44. The highest BCUT2D eigenvalue weighted by Gasteiger charge is 2.33. The number of alkyl carbamates (subject to hydrolysis) is 1. The topological polar surface area (TPSA) is 124 Å². The summed E-state index contributed by atoms with van der Waals surface area (Å²) in [4.78, 5) is 19.4. The molecular weight excluding hydrogens is 442 g/mol. The SMILES string of the molecule is CC(C)[C@@H]1CC[C@@H](C)C[C@H]1OC(=O)NCCn1cc(CCCCCc2cnc(N)[nH]2)nn1.Cl. The van der Waals surface area contributed by atoms with Crippen LogP contribution < -0.4 is 11.1 Å². The molecular formula is C23H40ClN7O2. The number of hydrogen-bond acceptors (Lipinski definition) is 6. The smallest absolute Gasteiger partial charge is 0.407 e. The minimum absolute atomic E-state index is 0. The average molecular weight is 482 g/mol. The molecule has 33 heavy (non-hydrogen) atoms. The van der Waals surface area contributed by atoms with Crippen LogP contribution in [-0.4, -0.2) is 43.7 Å². The maximum Gasteiger partial charge on any atom is 0.407 e. The summed E-state index contributed by atoms with van der Waals surface area (Å²) in [6, 6.07) is 0. The Balaban J connectivity index is 0.00000385. The summed E-state index contributed by atoms with van der Waals surface area (Å²) >= 11 is 0. The molecule has 2 aromatic heterocycles. The Bertz CT molecular complexity index is 838. The first-order valence-electron chi connectivity index (χ1n) is 12.0. The second-order valence-electron chi connectivity index (χ2n) is 9.52. The summed E-state index contributed by atoms with van der Waals surface area (Å²) in [5.41, 5.74) is 7.65. The van der Waals surface area contributed by atoms with Gasteiger partial charge in [0.1, 0.15) is 6.10 Å². The molecule has 2 aromatic rings. The summed E-state index contributed by atoms with van der Waals surface area (Å²) in [5, 5.41) is 11.3. The van der Waals surface area contributed by atoms with Gasteiger partial charge in [0, 0.05) is 18.4 Å². The number of aryl methyl sites for hydroxylation is 2. The molecule has 0 aromatic carbocycles. The van der Waals surface area contributed by atoms with Crippen molar-refractivity contribution in [1.82, 2.24) is 30.3 Å². The molecule has 0 saturated heterocycles. The van der Waals surface area contributed by atoms with Crippen LogP contribution in [0.15, 0.2) is 12.4 Å². The molecule has 2 heterocycles. The van der Waals surface area contributed by atoms with Gasteiger partial charge in [-0.1, -0.05) is 38.8 Å². The Morgan fingerprint density at radius 2 is 2.09 bits per heavy atom. The fourth-order valence-electron chi connectivity index (χ4n) is 4.57. The molecule has 9 nitrogen and oxygen atoms in total. The van der Waals surface area contributed by atoms with Gasteiger partial charge in [0.2, 0.25) is 0 Å². The molecule has 0 radical (unpaired) electrons. The Labute approximate surface area is 203 Å². The first-order valence-corrected chi connectivity index (χ1v) is 12.0. The largest absolute Gasteiger partial charge is 0.446 e. The van der Waals surface area contributed by atoms with Crippen LogP contribution in [0.3, 0.4) is 0 Å². The number of nitrogens with one attached hydrogen (secondary N) is 2. The summed E-state index contributed by atoms with van der Waals surface area (Å²) in [6.07, 6.45) is 11.9. The van der Waals surface area contributed by atoms with Crippen molar-refractivity contribution in [3.05, 3.63) is 23.8 Å². The van der Waals surface area contributed by atoms with Gasteiger partial charge in [-0.15, -0.1) is 17.5 Å². The van der Waals surface area contributed by atoms with Crippen LogP contribution in [0.5, 0.6) is 0 Å². The molecule has 4 N–H and O–H groups in total. The molecule has 0 aliphatic heterocycles. The molecule has 0 unspecified atom stereocenters. The molecule has 0 spiro atoms. The lowest BCUT2D eigenvalue weighted by molar-refractivity contribution is 0.00616. The normalized spacial score (nSPS) is 20.4. The monoisotopic (exact) mass is 481 g/mol. The van der Waals surface area contributed by atoms with Crippen LogP contribution in [0.1, 0.15) is 70.7 Å². The second-order valence-corrected chi connectivity index (χ2v) is 9.52. The van der Waals surface area contributed by atoms with E-state index in [-0.39, 0.29) is 24.6 Å². The number of aromatic amines is 1. The number of nitrogen functional groups attached to an aromatic ring is 1. The van der Waals surface area contributed by atoms with Crippen molar-refractivity contribution in [3.63, 3.8) is 0 Å². The highest BCUT2D eigenvalue weighted by Crippen LogP contribution is 2.35. The predicted molar refractivity (Wildman–Crippen MR) is 131 cm³/mol. The number of carbonyl (C=O) groups is 1. The van der Waals surface area contributed by atoms with Gasteiger partial charge in [-0.2, -0.15) is 0 Å². The van der Waals surface area contributed by atoms with Gasteiger partial charge in [-0.3, -0.25) is 4.68 Å². The number of rotatable bonds is 11. The van der Waals surface area contributed by atoms with Crippen molar-refractivity contribution in [2.45, 2.75) is 84.8 Å². The highest BCUT2D eigenvalue weighted by molar-refractivity contribution is 5.85. The number of imidazole rings is 1. The van der Waals surface area contributed by atoms with Crippen molar-refractivity contribution < 1.29 is 9.53 Å². The third-order valence-electron chi connectivity index (χ3n) is 6.44. The van der Waals surface area contributed by atoms with E-state index < -0.39 is 0 Å². The second kappa shape index (κ2) is 13.4. The molecule has 1 amide bonds. The zero-order chi connectivity index (χ0) is 22.9. The zero-order valence-corrected chi connectivity index (χ0v) is 20.9. The quantitative estimate of drug-likeness (QED) is 0.414. The first-order chi connectivity index (χ1) is 15.4. The Morgan fingerprint density at radius 3 is 2.82 bits per heavy atom. The Kier molecular flexibility index (Phi) is 11.0. The maximum atomic E-state index is 12.3. The van der Waals surface area contributed by atoms with Crippen molar-refractivity contribution in [1.29, 1.82) is 0 Å². The number of unbranched alkanes of at least 4 members (excludes halogenated alkanes) is 2. The summed E-state index contributed by atoms with van der Waals surface area (Å²) in [6.45, 7) is 7.73. The lowest BCUT2D eigenvalue weighted by Crippen LogP contribution is -2.39. The van der Waals surface area contributed by atoms with E-state index in [2.05, 4.69) is 46.4 Å². The minimum atomic E-state index is -0.325. The fraction of sp³-hybridized carbons (Fsp3) is 0.739. The standard InChI is InChI=1S/C23H39N7O2.ClH/c1-16(2)20-10-9-17(3)13-21(20)32-23(31)25-11-12-30-15-19(28-29-30)8-6-4-5-7-18-14-26-22(24)27-18;/h14-17,20-21H,4-13H2,1-3H3,(H,25,31)(H3,24,26,27);1H/t17-,20+,21-;/m1./s1. The van der Waals surface area contributed by atoms with Gasteiger partial charge in [0.25, 0.3) is 0 Å². The van der Waals surface area contributed by atoms with E-state index in [1.807, 2.05) is 6.20 Å². The van der Waals surface area contributed by atoms with Crippen molar-refractivity contribution in [2.75, 3.05) is 12.3 Å². The van der Waals surface area contributed by atoms with Gasteiger partial charge < -0.3 is 20.8 Å². The number of nitrogens with two attached hydrogens (primary N) is 1. The number of ether oxygens (including phenoxy) is 1. The van der Waals surface area contributed by atoms with Crippen molar-refractivity contribution in [2.24, 2.45) is 17.8 Å². The maximum absolute atomic E-state index is 12.3. The van der Waals surface area contributed by atoms with Crippen LogP contribution >= 0.6 is 12.4 Å². The predicted octanol–water partition coefficient (Wildman–Crippen LogP) is 4.15. The zero-order valence-electron chi connectivity index (χ0n) is 20.1. The summed E-state index contributed by atoms with van der Waals surface area (Å²) in [5.74, 6) is 2.06.